The minimum absolute atomic E-state index is 0.231. The largest absolute Gasteiger partial charge is 0.344 e. The fourth-order valence-corrected chi connectivity index (χ4v) is 3.46. The monoisotopic (exact) mass is 436 g/mol. The Balaban J connectivity index is 1.46. The molecule has 2 heterocycles. The molecule has 32 heavy (non-hydrogen) atoms. The zero-order chi connectivity index (χ0) is 22.9. The van der Waals surface area contributed by atoms with E-state index in [1.807, 2.05) is 30.3 Å². The van der Waals surface area contributed by atoms with Crippen molar-refractivity contribution in [2.75, 3.05) is 0 Å². The number of halogens is 1. The highest BCUT2D eigenvalue weighted by molar-refractivity contribution is 6.08. The second-order valence-electron chi connectivity index (χ2n) is 7.70. The van der Waals surface area contributed by atoms with Crippen molar-refractivity contribution in [3.8, 4) is 5.69 Å². The van der Waals surface area contributed by atoms with E-state index in [1.165, 1.54) is 28.9 Å². The molecule has 2 aromatic carbocycles. The summed E-state index contributed by atoms with van der Waals surface area (Å²) in [7, 11) is 0. The Morgan fingerprint density at radius 2 is 1.81 bits per heavy atom. The molecule has 4 amide bonds. The third kappa shape index (κ3) is 4.07. The number of urea groups is 1. The highest BCUT2D eigenvalue weighted by Gasteiger charge is 2.48. The summed E-state index contributed by atoms with van der Waals surface area (Å²) in [6.07, 6.45) is 0.943. The summed E-state index contributed by atoms with van der Waals surface area (Å²) in [6.45, 7) is 3.25. The Morgan fingerprint density at radius 1 is 1.12 bits per heavy atom. The SMILES string of the molecule is Cc1nc(C(=O)NN2C(=O)N[C@@](C)(CCc3ccccc3)C2=O)nn1-c1ccc(F)cc1. The van der Waals surface area contributed by atoms with E-state index in [-0.39, 0.29) is 5.82 Å². The van der Waals surface area contributed by atoms with Crippen molar-refractivity contribution in [3.05, 3.63) is 77.6 Å². The number of nitrogens with one attached hydrogen (secondary N) is 2. The van der Waals surface area contributed by atoms with Crippen LogP contribution in [0.4, 0.5) is 9.18 Å². The summed E-state index contributed by atoms with van der Waals surface area (Å²) in [5.41, 5.74) is 2.67. The van der Waals surface area contributed by atoms with E-state index < -0.39 is 29.2 Å². The second kappa shape index (κ2) is 8.22. The Hall–Kier alpha value is -4.08. The van der Waals surface area contributed by atoms with Gasteiger partial charge in [-0.2, -0.15) is 5.01 Å². The Bertz CT molecular complexity index is 1180. The molecular formula is C22H21FN6O3. The molecule has 1 aromatic heterocycles. The first-order valence-electron chi connectivity index (χ1n) is 9.98. The number of hydrazine groups is 1. The van der Waals surface area contributed by atoms with Crippen LogP contribution in [-0.4, -0.2) is 43.2 Å². The van der Waals surface area contributed by atoms with Gasteiger partial charge >= 0.3 is 11.9 Å². The van der Waals surface area contributed by atoms with Crippen LogP contribution in [-0.2, 0) is 11.2 Å². The van der Waals surface area contributed by atoms with Gasteiger partial charge in [0.2, 0.25) is 5.82 Å². The molecule has 2 N–H and O–H groups in total. The quantitative estimate of drug-likeness (QED) is 0.577. The van der Waals surface area contributed by atoms with Crippen molar-refractivity contribution in [1.29, 1.82) is 0 Å². The number of carbonyl (C=O) groups excluding carboxylic acids is 3. The first kappa shape index (κ1) is 21.2. The summed E-state index contributed by atoms with van der Waals surface area (Å²) in [4.78, 5) is 42.0. The average molecular weight is 436 g/mol. The molecule has 1 fully saturated rings. The summed E-state index contributed by atoms with van der Waals surface area (Å²) in [5.74, 6) is -1.64. The van der Waals surface area contributed by atoms with Gasteiger partial charge in [0.15, 0.2) is 0 Å². The minimum atomic E-state index is -1.16. The number of aromatic nitrogens is 3. The van der Waals surface area contributed by atoms with Crippen molar-refractivity contribution in [1.82, 2.24) is 30.5 Å². The summed E-state index contributed by atoms with van der Waals surface area (Å²) < 4.78 is 14.5. The van der Waals surface area contributed by atoms with Gasteiger partial charge in [-0.3, -0.25) is 9.59 Å². The van der Waals surface area contributed by atoms with Gasteiger partial charge in [-0.05, 0) is 56.5 Å². The van der Waals surface area contributed by atoms with E-state index in [2.05, 4.69) is 20.8 Å². The molecule has 1 atom stereocenters. The van der Waals surface area contributed by atoms with Crippen LogP contribution >= 0.6 is 0 Å². The first-order chi connectivity index (χ1) is 15.3. The number of carbonyl (C=O) groups is 3. The molecule has 9 nitrogen and oxygen atoms in total. The molecule has 0 radical (unpaired) electrons. The van der Waals surface area contributed by atoms with Gasteiger partial charge in [0.05, 0.1) is 5.69 Å². The van der Waals surface area contributed by atoms with Crippen LogP contribution in [0.25, 0.3) is 5.69 Å². The van der Waals surface area contributed by atoms with E-state index in [0.29, 0.717) is 29.4 Å². The number of benzene rings is 2. The molecule has 0 saturated carbocycles. The summed E-state index contributed by atoms with van der Waals surface area (Å²) in [6, 6.07) is 14.4. The van der Waals surface area contributed by atoms with Crippen LogP contribution in [0.1, 0.15) is 35.4 Å². The number of imide groups is 1. The first-order valence-corrected chi connectivity index (χ1v) is 9.98. The fraction of sp³-hybridized carbons (Fsp3) is 0.227. The lowest BCUT2D eigenvalue weighted by atomic mass is 9.93. The van der Waals surface area contributed by atoms with Crippen molar-refractivity contribution < 1.29 is 18.8 Å². The molecule has 1 aliphatic rings. The molecule has 0 bridgehead atoms. The number of hydrogen-bond acceptors (Lipinski definition) is 5. The maximum atomic E-state index is 13.2. The van der Waals surface area contributed by atoms with Gasteiger partial charge in [0.25, 0.3) is 5.91 Å². The maximum absolute atomic E-state index is 13.2. The number of amides is 4. The average Bonchev–Trinajstić information content (AvgIpc) is 3.27. The molecule has 10 heteroatoms. The fourth-order valence-electron chi connectivity index (χ4n) is 3.46. The van der Waals surface area contributed by atoms with E-state index in [1.54, 1.807) is 13.8 Å². The second-order valence-corrected chi connectivity index (χ2v) is 7.70. The van der Waals surface area contributed by atoms with E-state index in [9.17, 15) is 18.8 Å². The van der Waals surface area contributed by atoms with E-state index >= 15 is 0 Å². The van der Waals surface area contributed by atoms with Crippen LogP contribution < -0.4 is 10.7 Å². The predicted molar refractivity (Wildman–Crippen MR) is 112 cm³/mol. The Kier molecular flexibility index (Phi) is 5.43. The van der Waals surface area contributed by atoms with Crippen LogP contribution in [0.5, 0.6) is 0 Å². The van der Waals surface area contributed by atoms with Gasteiger partial charge in [0, 0.05) is 0 Å². The molecule has 164 valence electrons. The number of aryl methyl sites for hydroxylation is 2. The zero-order valence-electron chi connectivity index (χ0n) is 17.5. The van der Waals surface area contributed by atoms with Gasteiger partial charge < -0.3 is 5.32 Å². The molecule has 1 aliphatic heterocycles. The summed E-state index contributed by atoms with van der Waals surface area (Å²) in [5, 5.41) is 7.42. The lowest BCUT2D eigenvalue weighted by Crippen LogP contribution is -2.49. The van der Waals surface area contributed by atoms with Crippen LogP contribution in [0.15, 0.2) is 54.6 Å². The van der Waals surface area contributed by atoms with Crippen LogP contribution in [0.2, 0.25) is 0 Å². The number of nitrogens with zero attached hydrogens (tertiary/aromatic N) is 4. The van der Waals surface area contributed by atoms with Crippen LogP contribution in [0.3, 0.4) is 0 Å². The lowest BCUT2D eigenvalue weighted by Gasteiger charge is -2.21. The smallest absolute Gasteiger partial charge is 0.322 e. The molecule has 0 aliphatic carbocycles. The zero-order valence-corrected chi connectivity index (χ0v) is 17.5. The molecule has 0 unspecified atom stereocenters. The normalized spacial score (nSPS) is 18.0. The van der Waals surface area contributed by atoms with Crippen molar-refractivity contribution in [3.63, 3.8) is 0 Å². The lowest BCUT2D eigenvalue weighted by molar-refractivity contribution is -0.132. The highest BCUT2D eigenvalue weighted by atomic mass is 19.1. The number of rotatable bonds is 6. The van der Waals surface area contributed by atoms with E-state index in [4.69, 9.17) is 0 Å². The van der Waals surface area contributed by atoms with Crippen molar-refractivity contribution >= 4 is 17.8 Å². The third-order valence-corrected chi connectivity index (χ3v) is 5.27. The molecule has 1 saturated heterocycles. The molecule has 4 rings (SSSR count). The summed E-state index contributed by atoms with van der Waals surface area (Å²) >= 11 is 0. The number of hydrogen-bond donors (Lipinski definition) is 2. The van der Waals surface area contributed by atoms with Gasteiger partial charge in [-0.25, -0.2) is 24.3 Å². The Morgan fingerprint density at radius 3 is 2.50 bits per heavy atom. The van der Waals surface area contributed by atoms with Gasteiger partial charge in [-0.15, -0.1) is 5.10 Å². The van der Waals surface area contributed by atoms with Crippen LogP contribution in [0, 0.1) is 12.7 Å². The van der Waals surface area contributed by atoms with E-state index in [0.717, 1.165) is 5.56 Å². The molecule has 3 aromatic rings. The van der Waals surface area contributed by atoms with Crippen molar-refractivity contribution in [2.45, 2.75) is 32.2 Å². The third-order valence-electron chi connectivity index (χ3n) is 5.27. The molecular weight excluding hydrogens is 415 g/mol. The van der Waals surface area contributed by atoms with Gasteiger partial charge in [0.1, 0.15) is 17.2 Å². The van der Waals surface area contributed by atoms with Crippen molar-refractivity contribution in [2.24, 2.45) is 0 Å². The predicted octanol–water partition coefficient (Wildman–Crippen LogP) is 2.30. The standard InChI is InChI=1S/C22H21FN6O3/c1-14-24-18(26-28(14)17-10-8-16(23)9-11-17)19(30)27-29-20(31)22(2,25-21(29)32)13-12-15-6-4-3-5-7-15/h3-11H,12-13H2,1-2H3,(H,25,32)(H,27,30)/t22-/m0/s1. The van der Waals surface area contributed by atoms with Gasteiger partial charge in [-0.1, -0.05) is 30.3 Å². The topological polar surface area (TPSA) is 109 Å². The molecule has 0 spiro atoms. The maximum Gasteiger partial charge on any atom is 0.344 e. The Labute approximate surface area is 183 Å². The highest BCUT2D eigenvalue weighted by Crippen LogP contribution is 2.22. The minimum Gasteiger partial charge on any atom is -0.322 e.